The van der Waals surface area contributed by atoms with E-state index in [1.165, 1.54) is 4.90 Å². The van der Waals surface area contributed by atoms with Crippen molar-refractivity contribution in [1.29, 1.82) is 0 Å². The van der Waals surface area contributed by atoms with E-state index in [-0.39, 0.29) is 29.7 Å². The third kappa shape index (κ3) is 3.43. The Labute approximate surface area is 163 Å². The minimum Gasteiger partial charge on any atom is -0.356 e. The Morgan fingerprint density at radius 3 is 2.74 bits per heavy atom. The monoisotopic (exact) mass is 389 g/mol. The largest absolute Gasteiger partial charge is 0.356 e. The van der Waals surface area contributed by atoms with Crippen LogP contribution in [0.5, 0.6) is 0 Å². The molecule has 1 spiro atoms. The number of halogens is 1. The second kappa shape index (κ2) is 7.15. The van der Waals surface area contributed by atoms with Crippen molar-refractivity contribution in [2.45, 2.75) is 50.0 Å². The van der Waals surface area contributed by atoms with Gasteiger partial charge in [0.05, 0.1) is 0 Å². The van der Waals surface area contributed by atoms with E-state index in [2.05, 4.69) is 10.6 Å². The van der Waals surface area contributed by atoms with Gasteiger partial charge in [0, 0.05) is 24.0 Å². The fraction of sp³-hybridized carbons (Fsp3) is 0.550. The van der Waals surface area contributed by atoms with Gasteiger partial charge in [-0.3, -0.25) is 14.5 Å². The van der Waals surface area contributed by atoms with E-state index in [0.717, 1.165) is 37.7 Å². The molecule has 3 fully saturated rings. The maximum absolute atomic E-state index is 12.6. The summed E-state index contributed by atoms with van der Waals surface area (Å²) in [7, 11) is 0. The SMILES string of the molecule is O=C(NCCCN1C(=O)NC2(CCCC2)C1=O)C1CC1c1ccccc1Cl. The number of hydrogen-bond donors (Lipinski definition) is 2. The van der Waals surface area contributed by atoms with Crippen LogP contribution in [-0.4, -0.2) is 41.4 Å². The number of nitrogens with zero attached hydrogens (tertiary/aromatic N) is 1. The molecule has 0 aromatic heterocycles. The Morgan fingerprint density at radius 1 is 1.26 bits per heavy atom. The highest BCUT2D eigenvalue weighted by Gasteiger charge is 2.52. The Balaban J connectivity index is 1.22. The summed E-state index contributed by atoms with van der Waals surface area (Å²) in [6.07, 6.45) is 4.79. The molecule has 2 saturated carbocycles. The summed E-state index contributed by atoms with van der Waals surface area (Å²) in [6.45, 7) is 0.792. The average Bonchev–Trinajstić information content (AvgIpc) is 3.25. The third-order valence-electron chi connectivity index (χ3n) is 5.99. The van der Waals surface area contributed by atoms with Crippen molar-refractivity contribution in [1.82, 2.24) is 15.5 Å². The van der Waals surface area contributed by atoms with Crippen LogP contribution >= 0.6 is 11.6 Å². The van der Waals surface area contributed by atoms with E-state index in [1.54, 1.807) is 0 Å². The zero-order valence-corrected chi connectivity index (χ0v) is 15.9. The van der Waals surface area contributed by atoms with Gasteiger partial charge in [-0.05, 0) is 43.2 Å². The van der Waals surface area contributed by atoms with E-state index in [9.17, 15) is 14.4 Å². The summed E-state index contributed by atoms with van der Waals surface area (Å²) in [5.41, 5.74) is 0.372. The van der Waals surface area contributed by atoms with Gasteiger partial charge in [0.2, 0.25) is 5.91 Å². The second-order valence-electron chi connectivity index (χ2n) is 7.79. The lowest BCUT2D eigenvalue weighted by atomic mass is 9.98. The van der Waals surface area contributed by atoms with Crippen LogP contribution < -0.4 is 10.6 Å². The van der Waals surface area contributed by atoms with Gasteiger partial charge in [0.15, 0.2) is 0 Å². The number of hydrogen-bond acceptors (Lipinski definition) is 3. The summed E-state index contributed by atoms with van der Waals surface area (Å²) in [6, 6.07) is 7.34. The number of urea groups is 1. The lowest BCUT2D eigenvalue weighted by Gasteiger charge is -2.20. The van der Waals surface area contributed by atoms with Crippen LogP contribution in [-0.2, 0) is 9.59 Å². The topological polar surface area (TPSA) is 78.5 Å². The fourth-order valence-corrected chi connectivity index (χ4v) is 4.66. The fourth-order valence-electron chi connectivity index (χ4n) is 4.38. The minimum absolute atomic E-state index is 0.0179. The molecule has 2 N–H and O–H groups in total. The van der Waals surface area contributed by atoms with Crippen LogP contribution in [0.1, 0.15) is 50.0 Å². The van der Waals surface area contributed by atoms with E-state index in [4.69, 9.17) is 11.6 Å². The predicted octanol–water partition coefficient (Wildman–Crippen LogP) is 2.81. The maximum atomic E-state index is 12.6. The van der Waals surface area contributed by atoms with E-state index >= 15 is 0 Å². The molecule has 1 aromatic rings. The molecule has 6 nitrogen and oxygen atoms in total. The smallest absolute Gasteiger partial charge is 0.325 e. The number of rotatable bonds is 6. The van der Waals surface area contributed by atoms with Crippen LogP contribution in [0, 0.1) is 5.92 Å². The number of imide groups is 1. The van der Waals surface area contributed by atoms with E-state index < -0.39 is 5.54 Å². The van der Waals surface area contributed by atoms with Crippen molar-refractivity contribution in [3.8, 4) is 0 Å². The first-order chi connectivity index (χ1) is 13.0. The molecule has 0 radical (unpaired) electrons. The van der Waals surface area contributed by atoms with Gasteiger partial charge >= 0.3 is 6.03 Å². The van der Waals surface area contributed by atoms with Crippen LogP contribution in [0.2, 0.25) is 5.02 Å². The quantitative estimate of drug-likeness (QED) is 0.580. The number of amides is 4. The highest BCUT2D eigenvalue weighted by molar-refractivity contribution is 6.31. The van der Waals surface area contributed by atoms with Crippen LogP contribution in [0.25, 0.3) is 0 Å². The van der Waals surface area contributed by atoms with Gasteiger partial charge in [0.25, 0.3) is 5.91 Å². The average molecular weight is 390 g/mol. The summed E-state index contributed by atoms with van der Waals surface area (Å²) in [5.74, 6) is 0.0666. The summed E-state index contributed by atoms with van der Waals surface area (Å²) >= 11 is 6.20. The highest BCUT2D eigenvalue weighted by Crippen LogP contribution is 2.49. The lowest BCUT2D eigenvalue weighted by Crippen LogP contribution is -2.44. The third-order valence-corrected chi connectivity index (χ3v) is 6.34. The molecule has 4 amide bonds. The molecule has 1 heterocycles. The van der Waals surface area contributed by atoms with Crippen molar-refractivity contribution in [3.05, 3.63) is 34.9 Å². The molecule has 7 heteroatoms. The van der Waals surface area contributed by atoms with Gasteiger partial charge in [-0.1, -0.05) is 42.6 Å². The molecule has 2 unspecified atom stereocenters. The van der Waals surface area contributed by atoms with Crippen molar-refractivity contribution in [2.75, 3.05) is 13.1 Å². The molecule has 2 aliphatic carbocycles. The number of carbonyl (C=O) groups is 3. The van der Waals surface area contributed by atoms with E-state index in [1.807, 2.05) is 24.3 Å². The molecule has 1 aliphatic heterocycles. The number of carbonyl (C=O) groups excluding carboxylic acids is 3. The van der Waals surface area contributed by atoms with Gasteiger partial charge in [-0.15, -0.1) is 0 Å². The molecule has 3 aliphatic rings. The number of benzene rings is 1. The Bertz CT molecular complexity index is 775. The van der Waals surface area contributed by atoms with Crippen molar-refractivity contribution >= 4 is 29.4 Å². The lowest BCUT2D eigenvalue weighted by molar-refractivity contribution is -0.131. The zero-order valence-electron chi connectivity index (χ0n) is 15.2. The molecule has 27 heavy (non-hydrogen) atoms. The predicted molar refractivity (Wildman–Crippen MR) is 101 cm³/mol. The van der Waals surface area contributed by atoms with Crippen molar-refractivity contribution in [2.24, 2.45) is 5.92 Å². The van der Waals surface area contributed by atoms with Gasteiger partial charge in [-0.2, -0.15) is 0 Å². The molecule has 0 bridgehead atoms. The van der Waals surface area contributed by atoms with Gasteiger partial charge in [-0.25, -0.2) is 4.79 Å². The molecule has 4 rings (SSSR count). The van der Waals surface area contributed by atoms with Crippen LogP contribution in [0.4, 0.5) is 4.79 Å². The Morgan fingerprint density at radius 2 is 2.00 bits per heavy atom. The molecular formula is C20H24ClN3O3. The van der Waals surface area contributed by atoms with Gasteiger partial charge < -0.3 is 10.6 Å². The van der Waals surface area contributed by atoms with Crippen molar-refractivity contribution < 1.29 is 14.4 Å². The highest BCUT2D eigenvalue weighted by atomic mass is 35.5. The summed E-state index contributed by atoms with van der Waals surface area (Å²) in [4.78, 5) is 38.3. The van der Waals surface area contributed by atoms with Crippen LogP contribution in [0.3, 0.4) is 0 Å². The molecule has 2 atom stereocenters. The van der Waals surface area contributed by atoms with Gasteiger partial charge in [0.1, 0.15) is 5.54 Å². The molecule has 1 saturated heterocycles. The maximum Gasteiger partial charge on any atom is 0.325 e. The first-order valence-electron chi connectivity index (χ1n) is 9.68. The Hall–Kier alpha value is -2.08. The Kier molecular flexibility index (Phi) is 4.84. The standard InChI is InChI=1S/C20H24ClN3O3/c21-16-7-2-1-6-13(16)14-12-15(14)17(25)22-10-5-11-24-18(26)20(23-19(24)27)8-3-4-9-20/h1-2,6-7,14-15H,3-5,8-12H2,(H,22,25)(H,23,27). The van der Waals surface area contributed by atoms with Crippen LogP contribution in [0.15, 0.2) is 24.3 Å². The first kappa shape index (κ1) is 18.3. The normalized spacial score (nSPS) is 25.7. The minimum atomic E-state index is -0.656. The van der Waals surface area contributed by atoms with Crippen molar-refractivity contribution in [3.63, 3.8) is 0 Å². The second-order valence-corrected chi connectivity index (χ2v) is 8.20. The number of nitrogens with one attached hydrogen (secondary N) is 2. The molecular weight excluding hydrogens is 366 g/mol. The van der Waals surface area contributed by atoms with E-state index in [0.29, 0.717) is 24.5 Å². The molecule has 1 aromatic carbocycles. The summed E-state index contributed by atoms with van der Waals surface area (Å²) in [5, 5.41) is 6.51. The zero-order chi connectivity index (χ0) is 19.0. The first-order valence-corrected chi connectivity index (χ1v) is 10.1. The molecule has 144 valence electrons. The summed E-state index contributed by atoms with van der Waals surface area (Å²) < 4.78 is 0.